The number of unbranched alkanes of at least 4 members (excludes halogenated alkanes) is 1. The van der Waals surface area contributed by atoms with Crippen LogP contribution in [0.4, 0.5) is 0 Å². The predicted octanol–water partition coefficient (Wildman–Crippen LogP) is -0.812. The summed E-state index contributed by atoms with van der Waals surface area (Å²) in [6.45, 7) is 1.55. The smallest absolute Gasteiger partial charge is 0.261 e. The van der Waals surface area contributed by atoms with Gasteiger partial charge in [-0.05, 0) is 25.9 Å². The van der Waals surface area contributed by atoms with E-state index in [-0.39, 0.29) is 0 Å². The summed E-state index contributed by atoms with van der Waals surface area (Å²) in [5.41, 5.74) is 10.3. The van der Waals surface area contributed by atoms with Crippen LogP contribution < -0.4 is 11.5 Å². The van der Waals surface area contributed by atoms with Gasteiger partial charge in [-0.1, -0.05) is 0 Å². The van der Waals surface area contributed by atoms with Crippen molar-refractivity contribution in [2.24, 2.45) is 11.5 Å². The Morgan fingerprint density at radius 1 is 1.18 bits per heavy atom. The van der Waals surface area contributed by atoms with E-state index >= 15 is 0 Å². The minimum Gasteiger partial charge on any atom is -0.330 e. The van der Waals surface area contributed by atoms with Crippen LogP contribution in [-0.2, 0) is 10.1 Å². The molecule has 0 spiro atoms. The second-order valence-corrected chi connectivity index (χ2v) is 3.48. The first-order chi connectivity index (χ1) is 4.91. The third-order valence-electron chi connectivity index (χ3n) is 0.658. The molecule has 0 aliphatic carbocycles. The molecule has 0 rings (SSSR count). The molecule has 0 saturated heterocycles. The first kappa shape index (κ1) is 13.4. The van der Waals surface area contributed by atoms with Crippen molar-refractivity contribution in [3.8, 4) is 0 Å². The SMILES string of the molecule is CS(=O)(=O)O.NCCCCN. The zero-order valence-electron chi connectivity index (χ0n) is 6.66. The number of nitrogens with two attached hydrogens (primary N) is 2. The maximum absolute atomic E-state index is 9.19. The van der Waals surface area contributed by atoms with Gasteiger partial charge in [0, 0.05) is 0 Å². The molecule has 0 atom stereocenters. The molecule has 0 aliphatic rings. The average molecular weight is 184 g/mol. The van der Waals surface area contributed by atoms with Crippen LogP contribution in [0, 0.1) is 0 Å². The Morgan fingerprint density at radius 2 is 1.36 bits per heavy atom. The van der Waals surface area contributed by atoms with Gasteiger partial charge in [-0.3, -0.25) is 4.55 Å². The molecule has 0 bridgehead atoms. The van der Waals surface area contributed by atoms with Crippen LogP contribution in [-0.4, -0.2) is 32.3 Å². The molecule has 0 amide bonds. The number of rotatable bonds is 3. The molecule has 0 aromatic heterocycles. The van der Waals surface area contributed by atoms with Crippen molar-refractivity contribution in [1.82, 2.24) is 0 Å². The Kier molecular flexibility index (Phi) is 9.68. The second-order valence-electron chi connectivity index (χ2n) is 2.02. The maximum Gasteiger partial charge on any atom is 0.261 e. The third-order valence-corrected chi connectivity index (χ3v) is 0.658. The summed E-state index contributed by atoms with van der Waals surface area (Å²) in [6, 6.07) is 0. The number of hydrogen-bond acceptors (Lipinski definition) is 4. The molecule has 0 aliphatic heterocycles. The van der Waals surface area contributed by atoms with Crippen LogP contribution >= 0.6 is 0 Å². The first-order valence-corrected chi connectivity index (χ1v) is 5.09. The highest BCUT2D eigenvalue weighted by molar-refractivity contribution is 7.85. The predicted molar refractivity (Wildman–Crippen MR) is 44.8 cm³/mol. The molecule has 5 nitrogen and oxygen atoms in total. The highest BCUT2D eigenvalue weighted by Gasteiger charge is 1.81. The zero-order chi connectivity index (χ0) is 9.33. The van der Waals surface area contributed by atoms with Gasteiger partial charge in [0.2, 0.25) is 0 Å². The van der Waals surface area contributed by atoms with Crippen molar-refractivity contribution >= 4 is 10.1 Å². The van der Waals surface area contributed by atoms with E-state index < -0.39 is 10.1 Å². The lowest BCUT2D eigenvalue weighted by molar-refractivity contribution is 0.490. The van der Waals surface area contributed by atoms with Crippen molar-refractivity contribution in [1.29, 1.82) is 0 Å². The van der Waals surface area contributed by atoms with Gasteiger partial charge in [-0.2, -0.15) is 8.42 Å². The molecule has 0 radical (unpaired) electrons. The molecule has 11 heavy (non-hydrogen) atoms. The molecule has 0 unspecified atom stereocenters. The number of hydrogen-bond donors (Lipinski definition) is 3. The maximum atomic E-state index is 9.19. The van der Waals surface area contributed by atoms with E-state index in [1.54, 1.807) is 0 Å². The van der Waals surface area contributed by atoms with Crippen molar-refractivity contribution in [3.63, 3.8) is 0 Å². The Balaban J connectivity index is 0. The molecule has 0 heterocycles. The summed E-state index contributed by atoms with van der Waals surface area (Å²) in [5.74, 6) is 0. The zero-order valence-corrected chi connectivity index (χ0v) is 7.47. The van der Waals surface area contributed by atoms with Crippen molar-refractivity contribution in [2.75, 3.05) is 19.3 Å². The Labute approximate surface area is 67.5 Å². The fraction of sp³-hybridized carbons (Fsp3) is 1.00. The van der Waals surface area contributed by atoms with E-state index in [0.717, 1.165) is 25.9 Å². The summed E-state index contributed by atoms with van der Waals surface area (Å²) in [6.07, 6.45) is 2.85. The van der Waals surface area contributed by atoms with Crippen LogP contribution in [0.15, 0.2) is 0 Å². The lowest BCUT2D eigenvalue weighted by Gasteiger charge is -1.87. The van der Waals surface area contributed by atoms with E-state index in [1.807, 2.05) is 0 Å². The second kappa shape index (κ2) is 7.93. The van der Waals surface area contributed by atoms with Gasteiger partial charge in [0.25, 0.3) is 10.1 Å². The summed E-state index contributed by atoms with van der Waals surface area (Å²) in [7, 11) is -3.67. The fourth-order valence-corrected chi connectivity index (χ4v) is 0.289. The van der Waals surface area contributed by atoms with Crippen LogP contribution in [0.1, 0.15) is 12.8 Å². The molecule has 0 aromatic carbocycles. The van der Waals surface area contributed by atoms with Gasteiger partial charge in [0.15, 0.2) is 0 Å². The van der Waals surface area contributed by atoms with Gasteiger partial charge >= 0.3 is 0 Å². The van der Waals surface area contributed by atoms with Crippen molar-refractivity contribution < 1.29 is 13.0 Å². The molecule has 0 aromatic rings. The van der Waals surface area contributed by atoms with Gasteiger partial charge < -0.3 is 11.5 Å². The molecule has 6 heteroatoms. The summed E-state index contributed by atoms with van der Waals surface area (Å²) >= 11 is 0. The lowest BCUT2D eigenvalue weighted by Crippen LogP contribution is -2.03. The highest BCUT2D eigenvalue weighted by Crippen LogP contribution is 1.77. The van der Waals surface area contributed by atoms with E-state index in [9.17, 15) is 8.42 Å². The van der Waals surface area contributed by atoms with Crippen LogP contribution in [0.2, 0.25) is 0 Å². The molecular formula is C5H16N2O3S. The lowest BCUT2D eigenvalue weighted by atomic mass is 10.3. The van der Waals surface area contributed by atoms with Crippen molar-refractivity contribution in [2.45, 2.75) is 12.8 Å². The molecule has 5 N–H and O–H groups in total. The van der Waals surface area contributed by atoms with Gasteiger partial charge in [-0.15, -0.1) is 0 Å². The minimum atomic E-state index is -3.67. The van der Waals surface area contributed by atoms with Gasteiger partial charge in [-0.25, -0.2) is 0 Å². The Bertz CT molecular complexity index is 143. The quantitative estimate of drug-likeness (QED) is 0.393. The molecule has 0 saturated carbocycles. The van der Waals surface area contributed by atoms with E-state index in [4.69, 9.17) is 16.0 Å². The fourth-order valence-electron chi connectivity index (χ4n) is 0.289. The highest BCUT2D eigenvalue weighted by atomic mass is 32.2. The van der Waals surface area contributed by atoms with Crippen molar-refractivity contribution in [3.05, 3.63) is 0 Å². The van der Waals surface area contributed by atoms with Crippen LogP contribution in [0.25, 0.3) is 0 Å². The first-order valence-electron chi connectivity index (χ1n) is 3.24. The summed E-state index contributed by atoms with van der Waals surface area (Å²) < 4.78 is 25.9. The summed E-state index contributed by atoms with van der Waals surface area (Å²) in [5, 5.41) is 0. The Morgan fingerprint density at radius 3 is 1.45 bits per heavy atom. The topological polar surface area (TPSA) is 106 Å². The molecular weight excluding hydrogens is 168 g/mol. The van der Waals surface area contributed by atoms with Crippen LogP contribution in [0.3, 0.4) is 0 Å². The average Bonchev–Trinajstić information content (AvgIpc) is 1.79. The van der Waals surface area contributed by atoms with Gasteiger partial charge in [0.05, 0.1) is 6.26 Å². The molecule has 0 fully saturated rings. The van der Waals surface area contributed by atoms with E-state index in [2.05, 4.69) is 0 Å². The standard InChI is InChI=1S/C4H12N2.CH4O3S/c5-3-1-2-4-6;1-5(2,3)4/h1-6H2;1H3,(H,2,3,4). The monoisotopic (exact) mass is 184 g/mol. The molecule has 70 valence electrons. The van der Waals surface area contributed by atoms with E-state index in [1.165, 1.54) is 0 Å². The summed E-state index contributed by atoms with van der Waals surface area (Å²) in [4.78, 5) is 0. The van der Waals surface area contributed by atoms with E-state index in [0.29, 0.717) is 6.26 Å². The minimum absolute atomic E-state index is 0.715. The largest absolute Gasteiger partial charge is 0.330 e. The normalized spacial score (nSPS) is 10.2. The van der Waals surface area contributed by atoms with Gasteiger partial charge in [0.1, 0.15) is 0 Å². The van der Waals surface area contributed by atoms with Crippen LogP contribution in [0.5, 0.6) is 0 Å². The third kappa shape index (κ3) is 75.2. The Hall–Kier alpha value is -0.170.